The summed E-state index contributed by atoms with van der Waals surface area (Å²) < 4.78 is 4.52. The molecular formula is C7H11ClN2O2. The highest BCUT2D eigenvalue weighted by molar-refractivity contribution is 5.85. The second kappa shape index (κ2) is 4.96. The number of nitrogens with zero attached hydrogens (tertiary/aromatic N) is 1. The van der Waals surface area contributed by atoms with Gasteiger partial charge in [0.2, 0.25) is 0 Å². The van der Waals surface area contributed by atoms with Crippen molar-refractivity contribution in [2.45, 2.75) is 12.5 Å². The molecule has 0 amide bonds. The normalized spacial score (nSPS) is 27.0. The van der Waals surface area contributed by atoms with Crippen molar-refractivity contribution in [2.75, 3.05) is 13.7 Å². The molecule has 5 heteroatoms. The quantitative estimate of drug-likeness (QED) is 0.595. The average molecular weight is 191 g/mol. The number of halogens is 1. The first-order chi connectivity index (χ1) is 5.27. The van der Waals surface area contributed by atoms with E-state index in [4.69, 9.17) is 5.26 Å². The predicted molar refractivity (Wildman–Crippen MR) is 44.8 cm³/mol. The van der Waals surface area contributed by atoms with Crippen LogP contribution in [0.5, 0.6) is 0 Å². The maximum Gasteiger partial charge on any atom is 0.322 e. The molecule has 0 aromatic rings. The Bertz CT molecular complexity index is 202. The van der Waals surface area contributed by atoms with Gasteiger partial charge in [-0.3, -0.25) is 4.79 Å². The summed E-state index contributed by atoms with van der Waals surface area (Å²) in [5, 5.41) is 11.4. The summed E-state index contributed by atoms with van der Waals surface area (Å²) in [6, 6.07) is 1.83. The average Bonchev–Trinajstić information content (AvgIpc) is 2.50. The summed E-state index contributed by atoms with van der Waals surface area (Å²) in [6.45, 7) is 0.594. The van der Waals surface area contributed by atoms with Gasteiger partial charge in [0.15, 0.2) is 0 Å². The van der Waals surface area contributed by atoms with Crippen LogP contribution in [0.3, 0.4) is 0 Å². The monoisotopic (exact) mass is 190 g/mol. The van der Waals surface area contributed by atoms with Crippen molar-refractivity contribution in [1.29, 1.82) is 5.26 Å². The van der Waals surface area contributed by atoms with Crippen LogP contribution in [0.25, 0.3) is 0 Å². The molecule has 1 heterocycles. The van der Waals surface area contributed by atoms with E-state index in [0.29, 0.717) is 13.0 Å². The number of ether oxygens (including phenoxy) is 1. The zero-order valence-corrected chi connectivity index (χ0v) is 7.56. The maximum absolute atomic E-state index is 10.9. The van der Waals surface area contributed by atoms with Crippen molar-refractivity contribution in [2.24, 2.45) is 5.92 Å². The third-order valence-electron chi connectivity index (χ3n) is 1.80. The standard InChI is InChI=1S/C7H10N2O2.ClH/c1-11-7(10)6-2-5(3-8)4-9-6;/h5-6,9H,2,4H2,1H3;1H. The van der Waals surface area contributed by atoms with Gasteiger partial charge in [-0.15, -0.1) is 12.4 Å². The van der Waals surface area contributed by atoms with Gasteiger partial charge in [-0.05, 0) is 6.42 Å². The van der Waals surface area contributed by atoms with Gasteiger partial charge >= 0.3 is 5.97 Å². The largest absolute Gasteiger partial charge is 0.468 e. The molecule has 68 valence electrons. The summed E-state index contributed by atoms with van der Waals surface area (Å²) in [6.07, 6.45) is 0.573. The molecule has 2 unspecified atom stereocenters. The van der Waals surface area contributed by atoms with Gasteiger partial charge in [0.1, 0.15) is 6.04 Å². The SMILES string of the molecule is COC(=O)C1CC(C#N)CN1.Cl. The number of hydrogen-bond donors (Lipinski definition) is 1. The highest BCUT2D eigenvalue weighted by Gasteiger charge is 2.29. The van der Waals surface area contributed by atoms with Gasteiger partial charge in [0.05, 0.1) is 19.1 Å². The van der Waals surface area contributed by atoms with Gasteiger partial charge in [-0.2, -0.15) is 5.26 Å². The summed E-state index contributed by atoms with van der Waals surface area (Å²) in [4.78, 5) is 10.9. The third kappa shape index (κ3) is 2.36. The fraction of sp³-hybridized carbons (Fsp3) is 0.714. The molecule has 1 aliphatic rings. The van der Waals surface area contributed by atoms with Crippen molar-refractivity contribution < 1.29 is 9.53 Å². The van der Waals surface area contributed by atoms with E-state index in [0.717, 1.165) is 0 Å². The zero-order chi connectivity index (χ0) is 8.27. The van der Waals surface area contributed by atoms with Crippen LogP contribution >= 0.6 is 12.4 Å². The van der Waals surface area contributed by atoms with Crippen molar-refractivity contribution in [3.8, 4) is 6.07 Å². The lowest BCUT2D eigenvalue weighted by Crippen LogP contribution is -2.31. The van der Waals surface area contributed by atoms with Crippen LogP contribution in [0, 0.1) is 17.2 Å². The minimum Gasteiger partial charge on any atom is -0.468 e. The van der Waals surface area contributed by atoms with Gasteiger partial charge in [0.25, 0.3) is 0 Å². The van der Waals surface area contributed by atoms with Crippen molar-refractivity contribution in [1.82, 2.24) is 5.32 Å². The van der Waals surface area contributed by atoms with Crippen molar-refractivity contribution in [3.63, 3.8) is 0 Å². The molecule has 0 radical (unpaired) electrons. The fourth-order valence-electron chi connectivity index (χ4n) is 1.16. The number of carbonyl (C=O) groups is 1. The molecule has 12 heavy (non-hydrogen) atoms. The van der Waals surface area contributed by atoms with Crippen LogP contribution in [-0.2, 0) is 9.53 Å². The van der Waals surface area contributed by atoms with E-state index >= 15 is 0 Å². The smallest absolute Gasteiger partial charge is 0.322 e. The molecule has 1 fully saturated rings. The van der Waals surface area contributed by atoms with E-state index in [1.165, 1.54) is 7.11 Å². The number of methoxy groups -OCH3 is 1. The molecule has 1 rings (SSSR count). The minimum atomic E-state index is -0.275. The maximum atomic E-state index is 10.9. The van der Waals surface area contributed by atoms with E-state index in [2.05, 4.69) is 16.1 Å². The first-order valence-electron chi connectivity index (χ1n) is 3.48. The molecule has 0 aliphatic carbocycles. The molecule has 0 spiro atoms. The lowest BCUT2D eigenvalue weighted by molar-refractivity contribution is -0.142. The van der Waals surface area contributed by atoms with Crippen LogP contribution in [0.15, 0.2) is 0 Å². The molecule has 4 nitrogen and oxygen atoms in total. The van der Waals surface area contributed by atoms with E-state index < -0.39 is 0 Å². The first kappa shape index (κ1) is 11.2. The number of nitriles is 1. The molecule has 0 aromatic carbocycles. The minimum absolute atomic E-state index is 0. The van der Waals surface area contributed by atoms with E-state index in [-0.39, 0.29) is 30.3 Å². The van der Waals surface area contributed by atoms with Gasteiger partial charge in [0, 0.05) is 6.54 Å². The topological polar surface area (TPSA) is 62.1 Å². The third-order valence-corrected chi connectivity index (χ3v) is 1.80. The first-order valence-corrected chi connectivity index (χ1v) is 3.48. The fourth-order valence-corrected chi connectivity index (χ4v) is 1.16. The molecule has 0 bridgehead atoms. The van der Waals surface area contributed by atoms with Crippen LogP contribution in [0.1, 0.15) is 6.42 Å². The Hall–Kier alpha value is -0.790. The van der Waals surface area contributed by atoms with Crippen LogP contribution < -0.4 is 5.32 Å². The Morgan fingerprint density at radius 3 is 2.83 bits per heavy atom. The molecule has 0 saturated carbocycles. The van der Waals surface area contributed by atoms with Crippen LogP contribution in [-0.4, -0.2) is 25.7 Å². The Labute approximate surface area is 77.3 Å². The second-order valence-corrected chi connectivity index (χ2v) is 2.55. The lowest BCUT2D eigenvalue weighted by Gasteiger charge is -2.05. The summed E-state index contributed by atoms with van der Waals surface area (Å²) in [7, 11) is 1.35. The van der Waals surface area contributed by atoms with Crippen molar-refractivity contribution in [3.05, 3.63) is 0 Å². The van der Waals surface area contributed by atoms with E-state index in [9.17, 15) is 4.79 Å². The number of carbonyl (C=O) groups excluding carboxylic acids is 1. The molecule has 2 atom stereocenters. The summed E-state index contributed by atoms with van der Waals surface area (Å²) >= 11 is 0. The summed E-state index contributed by atoms with van der Waals surface area (Å²) in [5.41, 5.74) is 0. The van der Waals surface area contributed by atoms with E-state index in [1.807, 2.05) is 0 Å². The highest BCUT2D eigenvalue weighted by Crippen LogP contribution is 2.13. The Balaban J connectivity index is 0.00000121. The lowest BCUT2D eigenvalue weighted by atomic mass is 10.1. The number of esters is 1. The van der Waals surface area contributed by atoms with E-state index in [1.54, 1.807) is 0 Å². The number of nitrogens with one attached hydrogen (secondary N) is 1. The predicted octanol–water partition coefficient (Wildman–Crippen LogP) is 0.0829. The molecule has 1 saturated heterocycles. The van der Waals surface area contributed by atoms with Gasteiger partial charge in [-0.25, -0.2) is 0 Å². The van der Waals surface area contributed by atoms with Crippen molar-refractivity contribution >= 4 is 18.4 Å². The number of rotatable bonds is 1. The Morgan fingerprint density at radius 1 is 1.75 bits per heavy atom. The van der Waals surface area contributed by atoms with Crippen LogP contribution in [0.4, 0.5) is 0 Å². The zero-order valence-electron chi connectivity index (χ0n) is 6.74. The summed E-state index contributed by atoms with van der Waals surface area (Å²) in [5.74, 6) is -0.318. The number of hydrogen-bond acceptors (Lipinski definition) is 4. The highest BCUT2D eigenvalue weighted by atomic mass is 35.5. The van der Waals surface area contributed by atoms with Gasteiger partial charge < -0.3 is 10.1 Å². The molecule has 0 aromatic heterocycles. The molecule has 1 aliphatic heterocycles. The molecule has 1 N–H and O–H groups in total. The second-order valence-electron chi connectivity index (χ2n) is 2.55. The van der Waals surface area contributed by atoms with Crippen LogP contribution in [0.2, 0.25) is 0 Å². The molecular weight excluding hydrogens is 180 g/mol. The van der Waals surface area contributed by atoms with Gasteiger partial charge in [-0.1, -0.05) is 0 Å². The Morgan fingerprint density at radius 2 is 2.42 bits per heavy atom. The Kier molecular flexibility index (Phi) is 4.64.